The van der Waals surface area contributed by atoms with E-state index in [2.05, 4.69) is 15.3 Å². The third-order valence-corrected chi connectivity index (χ3v) is 5.96. The summed E-state index contributed by atoms with van der Waals surface area (Å²) in [7, 11) is 0. The molecule has 1 fully saturated rings. The quantitative estimate of drug-likeness (QED) is 0.647. The molecule has 1 atom stereocenters. The first kappa shape index (κ1) is 18.9. The minimum absolute atomic E-state index is 0.134. The van der Waals surface area contributed by atoms with Gasteiger partial charge in [0, 0.05) is 29.9 Å². The largest absolute Gasteiger partial charge is 0.383 e. The number of thiophene rings is 1. The Morgan fingerprint density at radius 2 is 2.21 bits per heavy atom. The molecule has 1 aliphatic heterocycles. The van der Waals surface area contributed by atoms with Crippen molar-refractivity contribution in [3.63, 3.8) is 0 Å². The Hall–Kier alpha value is -2.48. The van der Waals surface area contributed by atoms with Gasteiger partial charge in [-0.15, -0.1) is 11.3 Å². The number of nitrogen functional groups attached to an aromatic ring is 1. The Morgan fingerprint density at radius 1 is 1.32 bits per heavy atom. The summed E-state index contributed by atoms with van der Waals surface area (Å²) in [5.41, 5.74) is 7.70. The molecule has 0 bridgehead atoms. The summed E-state index contributed by atoms with van der Waals surface area (Å²) in [6.07, 6.45) is 6.30. The highest BCUT2D eigenvalue weighted by Crippen LogP contribution is 2.23. The van der Waals surface area contributed by atoms with Gasteiger partial charge in [-0.1, -0.05) is 23.7 Å². The number of nitrogens with two attached hydrogens (primary N) is 1. The molecule has 6 nitrogen and oxygen atoms in total. The van der Waals surface area contributed by atoms with Crippen molar-refractivity contribution in [2.45, 2.75) is 19.0 Å². The molecule has 1 saturated heterocycles. The summed E-state index contributed by atoms with van der Waals surface area (Å²) in [6, 6.07) is 9.58. The van der Waals surface area contributed by atoms with Gasteiger partial charge in [-0.25, -0.2) is 9.97 Å². The van der Waals surface area contributed by atoms with Crippen LogP contribution in [0, 0.1) is 0 Å². The van der Waals surface area contributed by atoms with E-state index in [0.717, 1.165) is 38.6 Å². The summed E-state index contributed by atoms with van der Waals surface area (Å²) < 4.78 is 0.775. The minimum Gasteiger partial charge on any atom is -0.383 e. The van der Waals surface area contributed by atoms with Crippen LogP contribution < -0.4 is 11.1 Å². The van der Waals surface area contributed by atoms with Gasteiger partial charge < -0.3 is 16.0 Å². The monoisotopic (exact) mass is 413 g/mol. The van der Waals surface area contributed by atoms with E-state index in [-0.39, 0.29) is 11.9 Å². The standard InChI is InChI=1S/C20H20ClN5OS/c21-18-6-4-14(28-18)2-1-8-23-16-7-9-26(20(16)27)11-13-3-5-15-17(10-13)24-12-25-19(15)22/h1-6,10,12,16,23H,7-9,11H2,(H2,22,24,25)/b2-1+. The first-order chi connectivity index (χ1) is 13.6. The van der Waals surface area contributed by atoms with Gasteiger partial charge in [-0.05, 0) is 42.3 Å². The van der Waals surface area contributed by atoms with E-state index in [1.54, 1.807) is 0 Å². The van der Waals surface area contributed by atoms with Gasteiger partial charge in [-0.2, -0.15) is 0 Å². The lowest BCUT2D eigenvalue weighted by atomic mass is 10.1. The van der Waals surface area contributed by atoms with Crippen LogP contribution in [0.25, 0.3) is 17.0 Å². The zero-order valence-electron chi connectivity index (χ0n) is 15.1. The molecule has 8 heteroatoms. The SMILES string of the molecule is Nc1ncnc2cc(CN3CCC(NC/C=C/c4ccc(Cl)s4)C3=O)ccc12. The van der Waals surface area contributed by atoms with Crippen molar-refractivity contribution >= 4 is 51.6 Å². The van der Waals surface area contributed by atoms with Crippen molar-refractivity contribution in [2.24, 2.45) is 0 Å². The second kappa shape index (κ2) is 8.26. The molecule has 0 saturated carbocycles. The summed E-state index contributed by atoms with van der Waals surface area (Å²) >= 11 is 7.46. The van der Waals surface area contributed by atoms with Crippen LogP contribution >= 0.6 is 22.9 Å². The van der Waals surface area contributed by atoms with E-state index in [0.29, 0.717) is 18.9 Å². The van der Waals surface area contributed by atoms with Crippen molar-refractivity contribution in [1.82, 2.24) is 20.2 Å². The number of carbonyl (C=O) groups is 1. The Morgan fingerprint density at radius 3 is 3.04 bits per heavy atom. The lowest BCUT2D eigenvalue weighted by Gasteiger charge is -2.17. The number of halogens is 1. The number of anilines is 1. The molecule has 0 radical (unpaired) electrons. The Kier molecular flexibility index (Phi) is 5.57. The van der Waals surface area contributed by atoms with Crippen LogP contribution in [0.15, 0.2) is 42.7 Å². The number of aromatic nitrogens is 2. The normalized spacial score (nSPS) is 17.2. The number of fused-ring (bicyclic) bond motifs is 1. The van der Waals surface area contributed by atoms with Gasteiger partial charge in [0.2, 0.25) is 5.91 Å². The van der Waals surface area contributed by atoms with Crippen molar-refractivity contribution in [1.29, 1.82) is 0 Å². The van der Waals surface area contributed by atoms with Crippen LogP contribution in [0.2, 0.25) is 4.34 Å². The number of rotatable bonds is 6. The third-order valence-electron chi connectivity index (χ3n) is 4.76. The van der Waals surface area contributed by atoms with E-state index in [4.69, 9.17) is 17.3 Å². The van der Waals surface area contributed by atoms with Crippen LogP contribution in [-0.2, 0) is 11.3 Å². The highest BCUT2D eigenvalue weighted by molar-refractivity contribution is 7.16. The van der Waals surface area contributed by atoms with Gasteiger partial charge in [0.1, 0.15) is 12.1 Å². The van der Waals surface area contributed by atoms with E-state index >= 15 is 0 Å². The molecule has 0 spiro atoms. The molecule has 144 valence electrons. The number of amides is 1. The topological polar surface area (TPSA) is 84.1 Å². The number of carbonyl (C=O) groups excluding carboxylic acids is 1. The fourth-order valence-corrected chi connectivity index (χ4v) is 4.32. The molecule has 1 aliphatic rings. The average Bonchev–Trinajstić information content (AvgIpc) is 3.25. The van der Waals surface area contributed by atoms with Crippen LogP contribution in [0.4, 0.5) is 5.82 Å². The molecule has 3 N–H and O–H groups in total. The lowest BCUT2D eigenvalue weighted by molar-refractivity contribution is -0.129. The van der Waals surface area contributed by atoms with Gasteiger partial charge >= 0.3 is 0 Å². The van der Waals surface area contributed by atoms with Gasteiger partial charge in [-0.3, -0.25) is 4.79 Å². The first-order valence-electron chi connectivity index (χ1n) is 9.03. The molecule has 3 aromatic rings. The van der Waals surface area contributed by atoms with Crippen molar-refractivity contribution in [2.75, 3.05) is 18.8 Å². The van der Waals surface area contributed by atoms with Crippen LogP contribution in [0.3, 0.4) is 0 Å². The maximum absolute atomic E-state index is 12.7. The highest BCUT2D eigenvalue weighted by atomic mass is 35.5. The number of benzene rings is 1. The molecule has 1 unspecified atom stereocenters. The van der Waals surface area contributed by atoms with E-state index in [9.17, 15) is 4.79 Å². The molecular formula is C20H20ClN5OS. The van der Waals surface area contributed by atoms with E-state index < -0.39 is 0 Å². The number of nitrogens with zero attached hydrogens (tertiary/aromatic N) is 3. The molecule has 2 aromatic heterocycles. The molecular weight excluding hydrogens is 394 g/mol. The number of hydrogen-bond acceptors (Lipinski definition) is 6. The Labute approximate surface area is 172 Å². The number of likely N-dealkylation sites (tertiary alicyclic amines) is 1. The molecule has 0 aliphatic carbocycles. The van der Waals surface area contributed by atoms with Crippen LogP contribution in [-0.4, -0.2) is 39.9 Å². The Balaban J connectivity index is 1.33. The summed E-state index contributed by atoms with van der Waals surface area (Å²) in [4.78, 5) is 23.9. The van der Waals surface area contributed by atoms with Crippen molar-refractivity contribution in [3.8, 4) is 0 Å². The molecule has 3 heterocycles. The predicted molar refractivity (Wildman–Crippen MR) is 114 cm³/mol. The van der Waals surface area contributed by atoms with Gasteiger partial charge in [0.05, 0.1) is 15.9 Å². The fraction of sp³-hybridized carbons (Fsp3) is 0.250. The predicted octanol–water partition coefficient (Wildman–Crippen LogP) is 3.33. The van der Waals surface area contributed by atoms with Crippen LogP contribution in [0.5, 0.6) is 0 Å². The van der Waals surface area contributed by atoms with Crippen molar-refractivity contribution < 1.29 is 4.79 Å². The average molecular weight is 414 g/mol. The second-order valence-electron chi connectivity index (χ2n) is 6.66. The van der Waals surface area contributed by atoms with Crippen LogP contribution in [0.1, 0.15) is 16.9 Å². The summed E-state index contributed by atoms with van der Waals surface area (Å²) in [5.74, 6) is 0.603. The zero-order chi connectivity index (χ0) is 19.5. The summed E-state index contributed by atoms with van der Waals surface area (Å²) in [6.45, 7) is 1.96. The van der Waals surface area contributed by atoms with E-state index in [1.165, 1.54) is 17.7 Å². The smallest absolute Gasteiger partial charge is 0.240 e. The number of nitrogens with one attached hydrogen (secondary N) is 1. The molecule has 4 rings (SSSR count). The molecule has 1 amide bonds. The van der Waals surface area contributed by atoms with E-state index in [1.807, 2.05) is 47.4 Å². The maximum atomic E-state index is 12.7. The van der Waals surface area contributed by atoms with Crippen molar-refractivity contribution in [3.05, 3.63) is 57.5 Å². The summed E-state index contributed by atoms with van der Waals surface area (Å²) in [5, 5.41) is 4.15. The maximum Gasteiger partial charge on any atom is 0.240 e. The fourth-order valence-electron chi connectivity index (χ4n) is 3.33. The third kappa shape index (κ3) is 4.16. The molecule has 1 aromatic carbocycles. The minimum atomic E-state index is -0.144. The Bertz CT molecular complexity index is 1030. The van der Waals surface area contributed by atoms with Gasteiger partial charge in [0.15, 0.2) is 0 Å². The number of hydrogen-bond donors (Lipinski definition) is 2. The second-order valence-corrected chi connectivity index (χ2v) is 8.41. The zero-order valence-corrected chi connectivity index (χ0v) is 16.7. The first-order valence-corrected chi connectivity index (χ1v) is 10.2. The lowest BCUT2D eigenvalue weighted by Crippen LogP contribution is -2.38. The molecule has 28 heavy (non-hydrogen) atoms. The highest BCUT2D eigenvalue weighted by Gasteiger charge is 2.30. The van der Waals surface area contributed by atoms with Gasteiger partial charge in [0.25, 0.3) is 0 Å².